The minimum Gasteiger partial charge on any atom is -0.377 e. The van der Waals surface area contributed by atoms with Crippen molar-refractivity contribution in [3.63, 3.8) is 0 Å². The normalized spacial score (nSPS) is 21.0. The van der Waals surface area contributed by atoms with Gasteiger partial charge < -0.3 is 9.64 Å². The lowest BCUT2D eigenvalue weighted by Crippen LogP contribution is -2.47. The number of pyridine rings is 1. The fraction of sp³-hybridized carbons (Fsp3) is 0.417. The maximum Gasteiger partial charge on any atom is 0.138 e. The van der Waals surface area contributed by atoms with Crippen LogP contribution in [-0.4, -0.2) is 40.5 Å². The molecule has 1 aliphatic heterocycles. The average molecular weight is 296 g/mol. The van der Waals surface area contributed by atoms with Gasteiger partial charge in [0.15, 0.2) is 0 Å². The smallest absolute Gasteiger partial charge is 0.138 e. The lowest BCUT2D eigenvalue weighted by atomic mass is 10.2. The van der Waals surface area contributed by atoms with Gasteiger partial charge in [-0.2, -0.15) is 0 Å². The molecule has 17 heavy (non-hydrogen) atoms. The number of rotatable bonds is 2. The Balaban J connectivity index is 2.04. The number of anilines is 1. The van der Waals surface area contributed by atoms with Crippen LogP contribution in [0.4, 0.5) is 5.82 Å². The number of hydrogen-bond acceptors (Lipinski definition) is 3. The minimum absolute atomic E-state index is 0.386. The molecule has 3 rings (SSSR count). The Bertz CT molecular complexity index is 513. The Kier molecular flexibility index (Phi) is 3.03. The van der Waals surface area contributed by atoms with E-state index in [4.69, 9.17) is 4.74 Å². The van der Waals surface area contributed by atoms with E-state index in [-0.39, 0.29) is 0 Å². The quantitative estimate of drug-likeness (QED) is 0.793. The average Bonchev–Trinajstić information content (AvgIpc) is 2.86. The highest BCUT2D eigenvalue weighted by Crippen LogP contribution is 2.21. The van der Waals surface area contributed by atoms with E-state index in [0.717, 1.165) is 30.7 Å². The Hall–Kier alpha value is -1.07. The van der Waals surface area contributed by atoms with E-state index in [1.165, 1.54) is 5.82 Å². The van der Waals surface area contributed by atoms with Crippen molar-refractivity contribution in [3.8, 4) is 0 Å². The highest BCUT2D eigenvalue weighted by molar-refractivity contribution is 9.09. The molecule has 2 aromatic heterocycles. The Morgan fingerprint density at radius 1 is 1.47 bits per heavy atom. The van der Waals surface area contributed by atoms with Crippen LogP contribution in [0.15, 0.2) is 30.6 Å². The molecule has 1 unspecified atom stereocenters. The van der Waals surface area contributed by atoms with Gasteiger partial charge in [0.05, 0.1) is 19.3 Å². The summed E-state index contributed by atoms with van der Waals surface area (Å²) in [4.78, 5) is 6.70. The summed E-state index contributed by atoms with van der Waals surface area (Å²) in [7, 11) is 0. The second kappa shape index (κ2) is 4.66. The monoisotopic (exact) mass is 295 g/mol. The van der Waals surface area contributed by atoms with Gasteiger partial charge in [-0.25, -0.2) is 4.98 Å². The molecule has 0 N–H and O–H groups in total. The van der Waals surface area contributed by atoms with Gasteiger partial charge in [0, 0.05) is 24.3 Å². The molecular weight excluding hydrogens is 282 g/mol. The van der Waals surface area contributed by atoms with E-state index in [9.17, 15) is 0 Å². The molecule has 90 valence electrons. The largest absolute Gasteiger partial charge is 0.377 e. The van der Waals surface area contributed by atoms with Gasteiger partial charge in [-0.05, 0) is 12.1 Å². The SMILES string of the molecule is BrCC1COCCN1c1cccc2nccn12. The van der Waals surface area contributed by atoms with E-state index < -0.39 is 0 Å². The first-order valence-corrected chi connectivity index (χ1v) is 6.85. The van der Waals surface area contributed by atoms with E-state index in [1.807, 2.05) is 18.5 Å². The highest BCUT2D eigenvalue weighted by atomic mass is 79.9. The first kappa shape index (κ1) is 11.0. The fourth-order valence-corrected chi connectivity index (χ4v) is 2.79. The lowest BCUT2D eigenvalue weighted by Gasteiger charge is -2.36. The summed E-state index contributed by atoms with van der Waals surface area (Å²) in [6.07, 6.45) is 3.84. The van der Waals surface area contributed by atoms with Crippen molar-refractivity contribution in [1.29, 1.82) is 0 Å². The summed E-state index contributed by atoms with van der Waals surface area (Å²) in [6, 6.07) is 6.60. The zero-order chi connectivity index (χ0) is 11.7. The first-order valence-electron chi connectivity index (χ1n) is 5.72. The zero-order valence-corrected chi connectivity index (χ0v) is 11.0. The molecule has 0 aliphatic carbocycles. The Labute approximate surface area is 108 Å². The molecule has 3 heterocycles. The van der Waals surface area contributed by atoms with Crippen molar-refractivity contribution in [2.45, 2.75) is 6.04 Å². The van der Waals surface area contributed by atoms with Crippen molar-refractivity contribution >= 4 is 27.4 Å². The summed E-state index contributed by atoms with van der Waals surface area (Å²) < 4.78 is 7.65. The summed E-state index contributed by atoms with van der Waals surface area (Å²) in [5.74, 6) is 1.19. The molecule has 0 radical (unpaired) electrons. The molecular formula is C12H14BrN3O. The predicted octanol–water partition coefficient (Wildman–Crippen LogP) is 1.93. The maximum atomic E-state index is 5.52. The van der Waals surface area contributed by atoms with Crippen LogP contribution in [0.2, 0.25) is 0 Å². The van der Waals surface area contributed by atoms with Crippen LogP contribution in [0.25, 0.3) is 5.65 Å². The van der Waals surface area contributed by atoms with Crippen LogP contribution in [0.3, 0.4) is 0 Å². The summed E-state index contributed by atoms with van der Waals surface area (Å²) >= 11 is 3.56. The van der Waals surface area contributed by atoms with Crippen molar-refractivity contribution < 1.29 is 4.74 Å². The second-order valence-corrected chi connectivity index (χ2v) is 4.76. The van der Waals surface area contributed by atoms with E-state index in [0.29, 0.717) is 6.04 Å². The van der Waals surface area contributed by atoms with E-state index >= 15 is 0 Å². The lowest BCUT2D eigenvalue weighted by molar-refractivity contribution is 0.0999. The molecule has 1 fully saturated rings. The maximum absolute atomic E-state index is 5.52. The van der Waals surface area contributed by atoms with Crippen LogP contribution in [0.1, 0.15) is 0 Å². The molecule has 0 saturated carbocycles. The number of morpholine rings is 1. The number of aromatic nitrogens is 2. The highest BCUT2D eigenvalue weighted by Gasteiger charge is 2.23. The molecule has 0 spiro atoms. The van der Waals surface area contributed by atoms with E-state index in [2.05, 4.69) is 42.3 Å². The molecule has 1 saturated heterocycles. The van der Waals surface area contributed by atoms with Gasteiger partial charge in [-0.1, -0.05) is 22.0 Å². The topological polar surface area (TPSA) is 29.8 Å². The summed E-state index contributed by atoms with van der Waals surface area (Å²) in [5.41, 5.74) is 0.988. The van der Waals surface area contributed by atoms with Crippen molar-refractivity contribution in [3.05, 3.63) is 30.6 Å². The van der Waals surface area contributed by atoms with Gasteiger partial charge in [-0.3, -0.25) is 4.40 Å². The molecule has 0 aromatic carbocycles. The third kappa shape index (κ3) is 1.93. The van der Waals surface area contributed by atoms with Crippen LogP contribution < -0.4 is 4.90 Å². The number of ether oxygens (including phenoxy) is 1. The van der Waals surface area contributed by atoms with Gasteiger partial charge >= 0.3 is 0 Å². The van der Waals surface area contributed by atoms with Crippen LogP contribution in [-0.2, 0) is 4.74 Å². The first-order chi connectivity index (χ1) is 8.40. The number of alkyl halides is 1. The summed E-state index contributed by atoms with van der Waals surface area (Å²) in [6.45, 7) is 2.48. The Morgan fingerprint density at radius 3 is 3.29 bits per heavy atom. The van der Waals surface area contributed by atoms with Gasteiger partial charge in [0.1, 0.15) is 11.5 Å². The molecule has 4 nitrogen and oxygen atoms in total. The third-order valence-corrected chi connectivity index (χ3v) is 3.85. The molecule has 1 atom stereocenters. The van der Waals surface area contributed by atoms with Gasteiger partial charge in [0.2, 0.25) is 0 Å². The predicted molar refractivity (Wildman–Crippen MR) is 70.9 cm³/mol. The van der Waals surface area contributed by atoms with Crippen LogP contribution in [0.5, 0.6) is 0 Å². The van der Waals surface area contributed by atoms with Crippen molar-refractivity contribution in [2.24, 2.45) is 0 Å². The van der Waals surface area contributed by atoms with Crippen molar-refractivity contribution in [1.82, 2.24) is 9.38 Å². The zero-order valence-electron chi connectivity index (χ0n) is 9.42. The fourth-order valence-electron chi connectivity index (χ4n) is 2.25. The molecule has 1 aliphatic rings. The van der Waals surface area contributed by atoms with Crippen LogP contribution >= 0.6 is 15.9 Å². The number of halogens is 1. The molecule has 2 aromatic rings. The number of hydrogen-bond donors (Lipinski definition) is 0. The van der Waals surface area contributed by atoms with Crippen molar-refractivity contribution in [2.75, 3.05) is 30.0 Å². The van der Waals surface area contributed by atoms with Gasteiger partial charge in [0.25, 0.3) is 0 Å². The standard InChI is InChI=1S/C12H14BrN3O/c13-8-10-9-17-7-6-15(10)12-3-1-2-11-14-4-5-16(11)12/h1-5,10H,6-9H2. The summed E-state index contributed by atoms with van der Waals surface area (Å²) in [5, 5.41) is 0.915. The third-order valence-electron chi connectivity index (χ3n) is 3.11. The second-order valence-electron chi connectivity index (χ2n) is 4.12. The molecule has 0 bridgehead atoms. The van der Waals surface area contributed by atoms with Gasteiger partial charge in [-0.15, -0.1) is 0 Å². The van der Waals surface area contributed by atoms with E-state index in [1.54, 1.807) is 0 Å². The minimum atomic E-state index is 0.386. The number of imidazole rings is 1. The van der Waals surface area contributed by atoms with Crippen LogP contribution in [0, 0.1) is 0 Å². The number of fused-ring (bicyclic) bond motifs is 1. The Morgan fingerprint density at radius 2 is 2.41 bits per heavy atom. The molecule has 5 heteroatoms. The number of nitrogens with zero attached hydrogens (tertiary/aromatic N) is 3. The molecule has 0 amide bonds.